The summed E-state index contributed by atoms with van der Waals surface area (Å²) >= 11 is 0. The van der Waals surface area contributed by atoms with Gasteiger partial charge in [0.2, 0.25) is 0 Å². The maximum absolute atomic E-state index is 10.9. The van der Waals surface area contributed by atoms with E-state index in [9.17, 15) is 10.2 Å². The molecule has 0 amide bonds. The summed E-state index contributed by atoms with van der Waals surface area (Å²) in [7, 11) is 0. The second-order valence-electron chi connectivity index (χ2n) is 14.7. The van der Waals surface area contributed by atoms with Gasteiger partial charge in [0.05, 0.1) is 12.7 Å². The van der Waals surface area contributed by atoms with Crippen LogP contribution in [0, 0.1) is 44.3 Å². The molecule has 0 aromatic heterocycles. The number of aliphatic hydroxyl groups is 2. The molecule has 180 valence electrons. The largest absolute Gasteiger partial charge is 0.396 e. The molecule has 5 rings (SSSR count). The molecule has 2 N–H and O–H groups in total. The van der Waals surface area contributed by atoms with Crippen LogP contribution in [0.5, 0.6) is 0 Å². The van der Waals surface area contributed by atoms with E-state index < -0.39 is 0 Å². The van der Waals surface area contributed by atoms with Gasteiger partial charge in [-0.05, 0) is 102 Å². The van der Waals surface area contributed by atoms with E-state index in [4.69, 9.17) is 0 Å². The minimum Gasteiger partial charge on any atom is -0.396 e. The van der Waals surface area contributed by atoms with Gasteiger partial charge in [0.15, 0.2) is 0 Å². The molecule has 0 aromatic rings. The Bertz CT molecular complexity index is 868. The number of aliphatic hydroxyl groups excluding tert-OH is 2. The van der Waals surface area contributed by atoms with Crippen LogP contribution in [0.1, 0.15) is 106 Å². The number of fused-ring (bicyclic) bond motifs is 6. The minimum absolute atomic E-state index is 0.0988. The molecule has 0 aromatic carbocycles. The summed E-state index contributed by atoms with van der Waals surface area (Å²) in [6.07, 6.45) is 15.6. The van der Waals surface area contributed by atoms with Gasteiger partial charge in [0.1, 0.15) is 0 Å². The molecule has 0 spiro atoms. The van der Waals surface area contributed by atoms with Crippen molar-refractivity contribution in [2.24, 2.45) is 44.3 Å². The van der Waals surface area contributed by atoms with E-state index in [1.807, 2.05) is 0 Å². The fraction of sp³-hybridized carbons (Fsp3) is 0.867. The Morgan fingerprint density at radius 1 is 0.875 bits per heavy atom. The fourth-order valence-corrected chi connectivity index (χ4v) is 9.87. The molecule has 5 aliphatic rings. The van der Waals surface area contributed by atoms with Gasteiger partial charge in [-0.15, -0.1) is 0 Å². The molecule has 3 saturated carbocycles. The van der Waals surface area contributed by atoms with Gasteiger partial charge in [-0.25, -0.2) is 0 Å². The van der Waals surface area contributed by atoms with Crippen molar-refractivity contribution >= 4 is 0 Å². The van der Waals surface area contributed by atoms with Gasteiger partial charge in [-0.3, -0.25) is 0 Å². The standard InChI is InChI=1S/C30H48O2/c1-25(2)14-15-26(3)16-17-29(6)20(21(26)18-25)8-9-23-27(4)12-11-24(32)28(5,19-31)22(27)10-13-30(23,29)7/h8-9,22-24,31-32H,10-19H2,1-7H3/t22-,23-,24+,26-,27+,28-,29-,30-/m1/s1. The van der Waals surface area contributed by atoms with E-state index in [1.54, 1.807) is 11.1 Å². The molecule has 0 radical (unpaired) electrons. The van der Waals surface area contributed by atoms with Crippen molar-refractivity contribution < 1.29 is 10.2 Å². The van der Waals surface area contributed by atoms with E-state index in [1.165, 1.54) is 38.5 Å². The highest BCUT2D eigenvalue weighted by atomic mass is 16.3. The maximum atomic E-state index is 10.9. The molecule has 2 heteroatoms. The molecule has 32 heavy (non-hydrogen) atoms. The number of rotatable bonds is 1. The van der Waals surface area contributed by atoms with Crippen molar-refractivity contribution in [3.05, 3.63) is 23.3 Å². The molecule has 0 aliphatic heterocycles. The molecule has 0 bridgehead atoms. The normalized spacial score (nSPS) is 54.3. The van der Waals surface area contributed by atoms with E-state index in [-0.39, 0.29) is 34.4 Å². The third-order valence-electron chi connectivity index (χ3n) is 12.5. The maximum Gasteiger partial charge on any atom is 0.0618 e. The van der Waals surface area contributed by atoms with Crippen molar-refractivity contribution in [3.63, 3.8) is 0 Å². The number of allylic oxidation sites excluding steroid dienone is 4. The number of hydrogen-bond acceptors (Lipinski definition) is 2. The van der Waals surface area contributed by atoms with Gasteiger partial charge >= 0.3 is 0 Å². The zero-order chi connectivity index (χ0) is 23.4. The Labute approximate surface area is 197 Å². The van der Waals surface area contributed by atoms with Crippen LogP contribution in [0.4, 0.5) is 0 Å². The molecule has 5 aliphatic carbocycles. The Kier molecular flexibility index (Phi) is 4.88. The van der Waals surface area contributed by atoms with Crippen LogP contribution in [0.2, 0.25) is 0 Å². The van der Waals surface area contributed by atoms with Crippen LogP contribution in [0.15, 0.2) is 23.3 Å². The third kappa shape index (κ3) is 2.72. The zero-order valence-electron chi connectivity index (χ0n) is 21.9. The first-order valence-electron chi connectivity index (χ1n) is 13.5. The first kappa shape index (κ1) is 23.2. The fourth-order valence-electron chi connectivity index (χ4n) is 9.87. The van der Waals surface area contributed by atoms with Crippen molar-refractivity contribution in [2.75, 3.05) is 6.61 Å². The monoisotopic (exact) mass is 440 g/mol. The Balaban J connectivity index is 1.64. The lowest BCUT2D eigenvalue weighted by molar-refractivity contribution is -0.197. The third-order valence-corrected chi connectivity index (χ3v) is 12.5. The van der Waals surface area contributed by atoms with Crippen LogP contribution in [-0.2, 0) is 0 Å². The lowest BCUT2D eigenvalue weighted by Gasteiger charge is -2.69. The average molecular weight is 441 g/mol. The summed E-state index contributed by atoms with van der Waals surface area (Å²) in [6.45, 7) is 17.5. The average Bonchev–Trinajstić information content (AvgIpc) is 2.73. The Morgan fingerprint density at radius 3 is 2.25 bits per heavy atom. The second-order valence-corrected chi connectivity index (χ2v) is 14.7. The summed E-state index contributed by atoms with van der Waals surface area (Å²) in [6, 6.07) is 0. The summed E-state index contributed by atoms with van der Waals surface area (Å²) in [5.74, 6) is 0.897. The SMILES string of the molecule is CC1(C)CC[C@]2(C)CC[C@]3(C)C(=C2C1)C=C[C@@H]1[C@@]2(C)CC[C@H](O)[C@](C)(CO)[C@@H]2CC[C@]13C. The van der Waals surface area contributed by atoms with Gasteiger partial charge in [0.25, 0.3) is 0 Å². The lowest BCUT2D eigenvalue weighted by atomic mass is 9.35. The van der Waals surface area contributed by atoms with Crippen LogP contribution >= 0.6 is 0 Å². The quantitative estimate of drug-likeness (QED) is 0.458. The molecule has 3 fully saturated rings. The molecule has 2 nitrogen and oxygen atoms in total. The van der Waals surface area contributed by atoms with Gasteiger partial charge < -0.3 is 10.2 Å². The van der Waals surface area contributed by atoms with Crippen LogP contribution in [0.25, 0.3) is 0 Å². The molecule has 8 atom stereocenters. The van der Waals surface area contributed by atoms with Crippen LogP contribution < -0.4 is 0 Å². The number of hydrogen-bond donors (Lipinski definition) is 2. The highest BCUT2D eigenvalue weighted by Crippen LogP contribution is 2.74. The van der Waals surface area contributed by atoms with Crippen molar-refractivity contribution in [3.8, 4) is 0 Å². The topological polar surface area (TPSA) is 40.5 Å². The smallest absolute Gasteiger partial charge is 0.0618 e. The highest BCUT2D eigenvalue weighted by Gasteiger charge is 2.67. The summed E-state index contributed by atoms with van der Waals surface area (Å²) < 4.78 is 0. The summed E-state index contributed by atoms with van der Waals surface area (Å²) in [5.41, 5.74) is 4.53. The van der Waals surface area contributed by atoms with Crippen molar-refractivity contribution in [1.82, 2.24) is 0 Å². The van der Waals surface area contributed by atoms with Gasteiger partial charge in [-0.1, -0.05) is 66.2 Å². The summed E-state index contributed by atoms with van der Waals surface area (Å²) in [5, 5.41) is 21.3. The van der Waals surface area contributed by atoms with Crippen molar-refractivity contribution in [2.45, 2.75) is 112 Å². The predicted molar refractivity (Wildman–Crippen MR) is 132 cm³/mol. The first-order valence-corrected chi connectivity index (χ1v) is 13.5. The van der Waals surface area contributed by atoms with Gasteiger partial charge in [0, 0.05) is 5.41 Å². The van der Waals surface area contributed by atoms with Crippen LogP contribution in [0.3, 0.4) is 0 Å². The van der Waals surface area contributed by atoms with Crippen LogP contribution in [-0.4, -0.2) is 22.9 Å². The van der Waals surface area contributed by atoms with E-state index >= 15 is 0 Å². The highest BCUT2D eigenvalue weighted by molar-refractivity contribution is 5.45. The molecular weight excluding hydrogens is 392 g/mol. The minimum atomic E-state index is -0.379. The van der Waals surface area contributed by atoms with E-state index in [0.717, 1.165) is 19.3 Å². The van der Waals surface area contributed by atoms with Crippen molar-refractivity contribution in [1.29, 1.82) is 0 Å². The first-order chi connectivity index (χ1) is 14.8. The lowest BCUT2D eigenvalue weighted by Crippen LogP contribution is -2.64. The second kappa shape index (κ2) is 6.75. The molecule has 0 heterocycles. The van der Waals surface area contributed by atoms with Gasteiger partial charge in [-0.2, -0.15) is 0 Å². The molecule has 0 saturated heterocycles. The summed E-state index contributed by atoms with van der Waals surface area (Å²) in [4.78, 5) is 0. The van der Waals surface area contributed by atoms with E-state index in [0.29, 0.717) is 22.7 Å². The molecule has 0 unspecified atom stereocenters. The molecular formula is C30H48O2. The Hall–Kier alpha value is -0.600. The Morgan fingerprint density at radius 2 is 1.56 bits per heavy atom. The van der Waals surface area contributed by atoms with E-state index in [2.05, 4.69) is 60.6 Å². The predicted octanol–water partition coefficient (Wildman–Crippen LogP) is 7.06. The zero-order valence-corrected chi connectivity index (χ0v) is 21.9.